The lowest BCUT2D eigenvalue weighted by molar-refractivity contribution is -0.143. The van der Waals surface area contributed by atoms with Gasteiger partial charge in [0.05, 0.1) is 12.3 Å². The summed E-state index contributed by atoms with van der Waals surface area (Å²) in [5.41, 5.74) is 1.33. The van der Waals surface area contributed by atoms with Gasteiger partial charge < -0.3 is 10.1 Å². The summed E-state index contributed by atoms with van der Waals surface area (Å²) in [4.78, 5) is 11.1. The largest absolute Gasteiger partial charge is 0.466 e. The average Bonchev–Trinajstić information content (AvgIpc) is 2.66. The van der Waals surface area contributed by atoms with Crippen LogP contribution in [0.5, 0.6) is 0 Å². The molecule has 0 aliphatic carbocycles. The molecule has 0 spiro atoms. The van der Waals surface area contributed by atoms with Crippen LogP contribution in [0, 0.1) is 18.3 Å². The number of rotatable bonds is 6. The minimum Gasteiger partial charge on any atom is -0.466 e. The second kappa shape index (κ2) is 6.86. The number of nitrogens with zero attached hydrogens (tertiary/aromatic N) is 2. The molecule has 1 aromatic heterocycles. The molecule has 1 aromatic rings. The third kappa shape index (κ3) is 4.04. The molecule has 0 aliphatic rings. The van der Waals surface area contributed by atoms with Crippen LogP contribution in [-0.4, -0.2) is 23.5 Å². The van der Waals surface area contributed by atoms with Crippen LogP contribution in [0.1, 0.15) is 31.0 Å². The van der Waals surface area contributed by atoms with E-state index in [0.29, 0.717) is 31.6 Å². The monoisotopic (exact) mass is 253 g/mol. The molecular weight excluding hydrogens is 238 g/mol. The van der Waals surface area contributed by atoms with Gasteiger partial charge in [0.1, 0.15) is 16.6 Å². The lowest BCUT2D eigenvalue weighted by Crippen LogP contribution is -2.08. The Labute approximate surface area is 105 Å². The van der Waals surface area contributed by atoms with Crippen LogP contribution in [0.2, 0.25) is 0 Å². The summed E-state index contributed by atoms with van der Waals surface area (Å²) >= 11 is 1.27. The fraction of sp³-hybridized carbons (Fsp3) is 0.545. The van der Waals surface area contributed by atoms with Crippen LogP contribution in [0.3, 0.4) is 0 Å². The summed E-state index contributed by atoms with van der Waals surface area (Å²) in [5.74, 6) is -0.185. The van der Waals surface area contributed by atoms with Gasteiger partial charge >= 0.3 is 5.97 Å². The van der Waals surface area contributed by atoms with Crippen LogP contribution in [0.25, 0.3) is 0 Å². The second-order valence-corrected chi connectivity index (χ2v) is 4.19. The van der Waals surface area contributed by atoms with Gasteiger partial charge in [0.2, 0.25) is 0 Å². The van der Waals surface area contributed by atoms with Gasteiger partial charge in [0.15, 0.2) is 0 Å². The molecule has 0 bridgehead atoms. The smallest absolute Gasteiger partial charge is 0.305 e. The number of hydrogen-bond acceptors (Lipinski definition) is 6. The van der Waals surface area contributed by atoms with Crippen LogP contribution in [0.15, 0.2) is 0 Å². The van der Waals surface area contributed by atoms with Crippen molar-refractivity contribution in [2.75, 3.05) is 18.5 Å². The van der Waals surface area contributed by atoms with Crippen molar-refractivity contribution in [3.63, 3.8) is 0 Å². The highest BCUT2D eigenvalue weighted by atomic mass is 32.1. The van der Waals surface area contributed by atoms with Gasteiger partial charge in [-0.15, -0.1) is 0 Å². The standard InChI is InChI=1S/C11H15N3O2S/c1-3-16-10(15)5-4-6-13-11-9(7-12)8(2)14-17-11/h13H,3-6H2,1-2H3. The van der Waals surface area contributed by atoms with Crippen molar-refractivity contribution in [3.8, 4) is 6.07 Å². The summed E-state index contributed by atoms with van der Waals surface area (Å²) in [6.07, 6.45) is 1.07. The molecule has 6 heteroatoms. The zero-order valence-corrected chi connectivity index (χ0v) is 10.8. The van der Waals surface area contributed by atoms with Gasteiger partial charge in [-0.2, -0.15) is 9.64 Å². The number of carbonyl (C=O) groups excluding carboxylic acids is 1. The Morgan fingerprint density at radius 1 is 1.65 bits per heavy atom. The highest BCUT2D eigenvalue weighted by molar-refractivity contribution is 7.10. The van der Waals surface area contributed by atoms with Gasteiger partial charge in [-0.1, -0.05) is 0 Å². The molecule has 0 unspecified atom stereocenters. The molecule has 1 heterocycles. The molecule has 17 heavy (non-hydrogen) atoms. The number of nitrogens with one attached hydrogen (secondary N) is 1. The Morgan fingerprint density at radius 2 is 2.41 bits per heavy atom. The van der Waals surface area contributed by atoms with Crippen molar-refractivity contribution in [1.29, 1.82) is 5.26 Å². The summed E-state index contributed by atoms with van der Waals surface area (Å²) in [7, 11) is 0. The van der Waals surface area contributed by atoms with Crippen LogP contribution < -0.4 is 5.32 Å². The van der Waals surface area contributed by atoms with E-state index in [1.165, 1.54) is 11.5 Å². The summed E-state index contributed by atoms with van der Waals surface area (Å²) in [6, 6.07) is 2.11. The topological polar surface area (TPSA) is 75.0 Å². The number of esters is 1. The molecule has 0 amide bonds. The lowest BCUT2D eigenvalue weighted by atomic mass is 10.2. The SMILES string of the molecule is CCOC(=O)CCCNc1snc(C)c1C#N. The van der Waals surface area contributed by atoms with E-state index >= 15 is 0 Å². The number of carbonyl (C=O) groups is 1. The summed E-state index contributed by atoms with van der Waals surface area (Å²) in [6.45, 7) is 4.64. The summed E-state index contributed by atoms with van der Waals surface area (Å²) in [5, 5.41) is 12.8. The minimum absolute atomic E-state index is 0.185. The van der Waals surface area contributed by atoms with Crippen molar-refractivity contribution >= 4 is 22.5 Å². The molecular formula is C11H15N3O2S. The van der Waals surface area contributed by atoms with Crippen molar-refractivity contribution < 1.29 is 9.53 Å². The maximum absolute atomic E-state index is 11.1. The lowest BCUT2D eigenvalue weighted by Gasteiger charge is -2.03. The third-order valence-electron chi connectivity index (χ3n) is 2.12. The number of nitriles is 1. The van der Waals surface area contributed by atoms with Gasteiger partial charge in [-0.3, -0.25) is 4.79 Å². The molecule has 92 valence electrons. The predicted octanol–water partition coefficient (Wildman–Crippen LogP) is 2.08. The zero-order chi connectivity index (χ0) is 12.7. The molecule has 0 aliphatic heterocycles. The van der Waals surface area contributed by atoms with Gasteiger partial charge in [0, 0.05) is 13.0 Å². The Hall–Kier alpha value is -1.61. The third-order valence-corrected chi connectivity index (χ3v) is 3.02. The molecule has 1 rings (SSSR count). The molecule has 0 radical (unpaired) electrons. The minimum atomic E-state index is -0.185. The van der Waals surface area contributed by atoms with Crippen molar-refractivity contribution in [1.82, 2.24) is 4.37 Å². The van der Waals surface area contributed by atoms with E-state index in [2.05, 4.69) is 15.8 Å². The van der Waals surface area contributed by atoms with Crippen LogP contribution in [0.4, 0.5) is 5.00 Å². The van der Waals surface area contributed by atoms with E-state index in [1.807, 2.05) is 0 Å². The quantitative estimate of drug-likeness (QED) is 0.620. The zero-order valence-electron chi connectivity index (χ0n) is 9.95. The van der Waals surface area contributed by atoms with E-state index in [9.17, 15) is 4.79 Å². The highest BCUT2D eigenvalue weighted by Crippen LogP contribution is 2.23. The predicted molar refractivity (Wildman–Crippen MR) is 65.9 cm³/mol. The molecule has 0 fully saturated rings. The van der Waals surface area contributed by atoms with E-state index in [0.717, 1.165) is 10.7 Å². The van der Waals surface area contributed by atoms with Gasteiger partial charge in [0.25, 0.3) is 0 Å². The fourth-order valence-corrected chi connectivity index (χ4v) is 2.06. The van der Waals surface area contributed by atoms with Crippen LogP contribution in [-0.2, 0) is 9.53 Å². The first-order valence-corrected chi connectivity index (χ1v) is 6.22. The molecule has 0 aromatic carbocycles. The first-order chi connectivity index (χ1) is 8.19. The molecule has 0 atom stereocenters. The van der Waals surface area contributed by atoms with Gasteiger partial charge in [-0.05, 0) is 31.8 Å². The number of aromatic nitrogens is 1. The Kier molecular flexibility index (Phi) is 5.43. The normalized spacial score (nSPS) is 9.71. The number of anilines is 1. The Balaban J connectivity index is 2.32. The van der Waals surface area contributed by atoms with Gasteiger partial charge in [-0.25, -0.2) is 0 Å². The Morgan fingerprint density at radius 3 is 3.06 bits per heavy atom. The van der Waals surface area contributed by atoms with E-state index in [-0.39, 0.29) is 5.97 Å². The van der Waals surface area contributed by atoms with Crippen molar-refractivity contribution in [2.24, 2.45) is 0 Å². The molecule has 0 saturated heterocycles. The number of hydrogen-bond donors (Lipinski definition) is 1. The Bertz CT molecular complexity index is 423. The second-order valence-electron chi connectivity index (χ2n) is 3.42. The maximum atomic E-state index is 11.1. The molecule has 5 nitrogen and oxygen atoms in total. The fourth-order valence-electron chi connectivity index (χ4n) is 1.29. The van der Waals surface area contributed by atoms with E-state index in [4.69, 9.17) is 10.00 Å². The average molecular weight is 253 g/mol. The van der Waals surface area contributed by atoms with Crippen molar-refractivity contribution in [3.05, 3.63) is 11.3 Å². The number of aryl methyl sites for hydroxylation is 1. The molecule has 0 saturated carbocycles. The van der Waals surface area contributed by atoms with Crippen LogP contribution >= 0.6 is 11.5 Å². The first-order valence-electron chi connectivity index (χ1n) is 5.45. The van der Waals surface area contributed by atoms with E-state index in [1.54, 1.807) is 13.8 Å². The van der Waals surface area contributed by atoms with Crippen molar-refractivity contribution in [2.45, 2.75) is 26.7 Å². The highest BCUT2D eigenvalue weighted by Gasteiger charge is 2.09. The number of ether oxygens (including phenoxy) is 1. The van der Waals surface area contributed by atoms with E-state index < -0.39 is 0 Å². The maximum Gasteiger partial charge on any atom is 0.305 e. The molecule has 1 N–H and O–H groups in total. The summed E-state index contributed by atoms with van der Waals surface area (Å²) < 4.78 is 8.91. The first kappa shape index (κ1) is 13.5.